The number of hydrogen-bond donors (Lipinski definition) is 1. The van der Waals surface area contributed by atoms with Crippen LogP contribution in [0.3, 0.4) is 0 Å². The molecule has 4 aliphatic carbocycles. The Balaban J connectivity index is 1.42. The third-order valence-electron chi connectivity index (χ3n) is 10.6. The van der Waals surface area contributed by atoms with Crippen molar-refractivity contribution in [2.75, 3.05) is 6.61 Å². The molecule has 6 heteroatoms. The van der Waals surface area contributed by atoms with E-state index in [0.717, 1.165) is 63.4 Å². The minimum absolute atomic E-state index is 0.0276. The van der Waals surface area contributed by atoms with Crippen LogP contribution in [0.2, 0.25) is 0 Å². The second-order valence-electron chi connectivity index (χ2n) is 11.6. The van der Waals surface area contributed by atoms with Crippen LogP contribution in [0, 0.1) is 45.8 Å². The van der Waals surface area contributed by atoms with E-state index in [1.54, 1.807) is 0 Å². The molecule has 0 saturated heterocycles. The molecule has 1 heterocycles. The molecule has 0 aromatic carbocycles. The van der Waals surface area contributed by atoms with Gasteiger partial charge in [-0.3, -0.25) is 4.79 Å². The Morgan fingerprint density at radius 3 is 2.62 bits per heavy atom. The number of ether oxygens (including phenoxy) is 2. The molecule has 5 rings (SSSR count). The summed E-state index contributed by atoms with van der Waals surface area (Å²) in [5.74, 6) is 0.560. The predicted molar refractivity (Wildman–Crippen MR) is 116 cm³/mol. The Hall–Kier alpha value is -1.87. The van der Waals surface area contributed by atoms with Gasteiger partial charge in [-0.05, 0) is 92.4 Å². The van der Waals surface area contributed by atoms with Crippen molar-refractivity contribution in [2.45, 2.75) is 90.3 Å². The molecule has 0 aromatic rings. The number of esters is 2. The van der Waals surface area contributed by atoms with Crippen molar-refractivity contribution in [2.24, 2.45) is 34.5 Å². The molecule has 0 unspecified atom stereocenters. The summed E-state index contributed by atoms with van der Waals surface area (Å²) in [7, 11) is 0. The maximum atomic E-state index is 12.3. The summed E-state index contributed by atoms with van der Waals surface area (Å²) in [6.45, 7) is 6.30. The third-order valence-corrected chi connectivity index (χ3v) is 10.6. The van der Waals surface area contributed by atoms with Gasteiger partial charge >= 0.3 is 11.9 Å². The van der Waals surface area contributed by atoms with E-state index < -0.39 is 11.6 Å². The molecule has 8 atom stereocenters. The average molecular weight is 442 g/mol. The summed E-state index contributed by atoms with van der Waals surface area (Å²) in [4.78, 5) is 23.5. The summed E-state index contributed by atoms with van der Waals surface area (Å²) < 4.78 is 10.8. The van der Waals surface area contributed by atoms with Crippen molar-refractivity contribution in [1.29, 1.82) is 5.26 Å². The van der Waals surface area contributed by atoms with Crippen LogP contribution in [0.15, 0.2) is 11.1 Å². The van der Waals surface area contributed by atoms with E-state index in [4.69, 9.17) is 9.47 Å². The monoisotopic (exact) mass is 441 g/mol. The fourth-order valence-electron chi connectivity index (χ4n) is 8.90. The van der Waals surface area contributed by atoms with Gasteiger partial charge in [0.05, 0.1) is 5.60 Å². The summed E-state index contributed by atoms with van der Waals surface area (Å²) in [6, 6.07) is 2.07. The van der Waals surface area contributed by atoms with Crippen molar-refractivity contribution < 1.29 is 24.2 Å². The Bertz CT molecular complexity index is 920. The molecule has 1 aliphatic heterocycles. The highest BCUT2D eigenvalue weighted by Crippen LogP contribution is 2.70. The van der Waals surface area contributed by atoms with Gasteiger partial charge in [-0.2, -0.15) is 5.26 Å². The van der Waals surface area contributed by atoms with Crippen LogP contribution in [-0.4, -0.2) is 35.4 Å². The molecular formula is C26H35NO5. The molecule has 5 aliphatic rings. The summed E-state index contributed by atoms with van der Waals surface area (Å²) in [6.07, 6.45) is 8.48. The maximum Gasteiger partial charge on any atom is 0.349 e. The number of fused-ring (bicyclic) bond motifs is 5. The van der Waals surface area contributed by atoms with Crippen LogP contribution >= 0.6 is 0 Å². The first-order chi connectivity index (χ1) is 15.1. The van der Waals surface area contributed by atoms with Crippen LogP contribution in [0.25, 0.3) is 0 Å². The number of nitrogens with zero attached hydrogens (tertiary/aromatic N) is 1. The molecule has 4 saturated carbocycles. The number of cyclic esters (lactones) is 1. The van der Waals surface area contributed by atoms with Crippen molar-refractivity contribution in [3.63, 3.8) is 0 Å². The first-order valence-electron chi connectivity index (χ1n) is 12.3. The molecule has 4 fully saturated rings. The smallest absolute Gasteiger partial charge is 0.349 e. The predicted octanol–water partition coefficient (Wildman–Crippen LogP) is 4.07. The number of hydrogen-bond acceptors (Lipinski definition) is 6. The van der Waals surface area contributed by atoms with E-state index in [0.29, 0.717) is 11.8 Å². The van der Waals surface area contributed by atoms with Crippen LogP contribution in [0.1, 0.15) is 78.6 Å². The Morgan fingerprint density at radius 1 is 1.12 bits per heavy atom. The number of nitriles is 1. The number of rotatable bonds is 2. The standard InChI is InChI=1S/C26H35NO5/c1-15(28)32-17-6-9-24(2)16(12-17)4-5-22-21(24)7-10-25(3)20(8-11-26(22,25)30)19-14-31-23(29)18(19)13-27/h16-17,20-22,30H,4-12,14H2,1-3H3/t16-,17+,20-,21+,22-,24+,25-,26+/m1/s1. The lowest BCUT2D eigenvalue weighted by Crippen LogP contribution is -2.62. The van der Waals surface area contributed by atoms with Crippen molar-refractivity contribution >= 4 is 11.9 Å². The fraction of sp³-hybridized carbons (Fsp3) is 0.808. The molecule has 0 spiro atoms. The van der Waals surface area contributed by atoms with Crippen LogP contribution in [0.5, 0.6) is 0 Å². The Kier molecular flexibility index (Phi) is 5.02. The van der Waals surface area contributed by atoms with E-state index >= 15 is 0 Å². The minimum atomic E-state index is -0.777. The van der Waals surface area contributed by atoms with Crippen LogP contribution < -0.4 is 0 Å². The second kappa shape index (κ2) is 7.32. The highest BCUT2D eigenvalue weighted by atomic mass is 16.5. The maximum absolute atomic E-state index is 12.3. The summed E-state index contributed by atoms with van der Waals surface area (Å²) in [5.41, 5.74) is 0.0365. The van der Waals surface area contributed by atoms with Gasteiger partial charge in [0.15, 0.2) is 0 Å². The molecule has 32 heavy (non-hydrogen) atoms. The zero-order valence-electron chi connectivity index (χ0n) is 19.5. The van der Waals surface area contributed by atoms with Crippen molar-refractivity contribution in [3.8, 4) is 6.07 Å². The molecule has 1 N–H and O–H groups in total. The largest absolute Gasteiger partial charge is 0.463 e. The molecule has 0 amide bonds. The lowest BCUT2D eigenvalue weighted by molar-refractivity contribution is -0.209. The van der Waals surface area contributed by atoms with E-state index in [-0.39, 0.29) is 46.9 Å². The van der Waals surface area contributed by atoms with Crippen molar-refractivity contribution in [1.82, 2.24) is 0 Å². The number of carbonyl (C=O) groups is 2. The molecule has 0 radical (unpaired) electrons. The molecular weight excluding hydrogens is 406 g/mol. The van der Waals surface area contributed by atoms with E-state index in [2.05, 4.69) is 19.9 Å². The van der Waals surface area contributed by atoms with Gasteiger partial charge in [-0.25, -0.2) is 4.79 Å². The molecule has 6 nitrogen and oxygen atoms in total. The topological polar surface area (TPSA) is 96.6 Å². The first-order valence-corrected chi connectivity index (χ1v) is 12.3. The highest BCUT2D eigenvalue weighted by molar-refractivity contribution is 5.96. The van der Waals surface area contributed by atoms with Crippen molar-refractivity contribution in [3.05, 3.63) is 11.1 Å². The van der Waals surface area contributed by atoms with Gasteiger partial charge in [0, 0.05) is 12.3 Å². The SMILES string of the molecule is CC(=O)O[C@H]1CC[C@@]2(C)[C@H](CC[C@@H]3[C@@H]2CC[C@]2(C)[C@@H](C4=C(C#N)C(=O)OC4)CC[C@]32O)C1. The highest BCUT2D eigenvalue weighted by Gasteiger charge is 2.68. The van der Waals surface area contributed by atoms with Gasteiger partial charge in [0.2, 0.25) is 0 Å². The van der Waals surface area contributed by atoms with Gasteiger partial charge in [0.25, 0.3) is 0 Å². The minimum Gasteiger partial charge on any atom is -0.463 e. The molecule has 174 valence electrons. The molecule has 0 bridgehead atoms. The average Bonchev–Trinajstić information content (AvgIpc) is 3.24. The number of aliphatic hydroxyl groups is 1. The normalized spacial score (nSPS) is 47.7. The quantitative estimate of drug-likeness (QED) is 0.649. The molecule has 0 aromatic heterocycles. The van der Waals surface area contributed by atoms with E-state index in [1.807, 2.05) is 0 Å². The van der Waals surface area contributed by atoms with Crippen LogP contribution in [0.4, 0.5) is 0 Å². The lowest BCUT2D eigenvalue weighted by atomic mass is 9.43. The summed E-state index contributed by atoms with van der Waals surface area (Å²) >= 11 is 0. The van der Waals surface area contributed by atoms with Gasteiger partial charge in [-0.15, -0.1) is 0 Å². The third kappa shape index (κ3) is 2.86. The Labute approximate surface area is 190 Å². The van der Waals surface area contributed by atoms with E-state index in [9.17, 15) is 20.0 Å². The summed E-state index contributed by atoms with van der Waals surface area (Å²) in [5, 5.41) is 21.8. The zero-order valence-corrected chi connectivity index (χ0v) is 19.5. The number of carbonyl (C=O) groups excluding carboxylic acids is 2. The lowest BCUT2D eigenvalue weighted by Gasteiger charge is -2.63. The van der Waals surface area contributed by atoms with E-state index in [1.165, 1.54) is 6.92 Å². The second-order valence-corrected chi connectivity index (χ2v) is 11.6. The zero-order chi connectivity index (χ0) is 22.9. The van der Waals surface area contributed by atoms with Gasteiger partial charge in [-0.1, -0.05) is 13.8 Å². The van der Waals surface area contributed by atoms with Gasteiger partial charge in [0.1, 0.15) is 24.4 Å². The first kappa shape index (κ1) is 21.9. The Morgan fingerprint density at radius 2 is 1.91 bits per heavy atom. The van der Waals surface area contributed by atoms with Gasteiger partial charge < -0.3 is 14.6 Å². The van der Waals surface area contributed by atoms with Crippen LogP contribution in [-0.2, 0) is 19.1 Å². The fourth-order valence-corrected chi connectivity index (χ4v) is 8.90.